The molecule has 9 heteroatoms. The summed E-state index contributed by atoms with van der Waals surface area (Å²) in [7, 11) is 3.14. The number of carbonyl (C=O) groups is 2. The zero-order valence-corrected chi connectivity index (χ0v) is 20.6. The number of anilines is 1. The maximum atomic E-state index is 12.7. The molecule has 0 aliphatic heterocycles. The van der Waals surface area contributed by atoms with Gasteiger partial charge in [0, 0.05) is 24.8 Å². The molecule has 3 rings (SSSR count). The van der Waals surface area contributed by atoms with Crippen molar-refractivity contribution < 1.29 is 24.2 Å². The van der Waals surface area contributed by atoms with E-state index < -0.39 is 5.97 Å². The van der Waals surface area contributed by atoms with Crippen LogP contribution in [-0.2, 0) is 9.53 Å². The van der Waals surface area contributed by atoms with E-state index in [9.17, 15) is 14.9 Å². The van der Waals surface area contributed by atoms with Crippen molar-refractivity contribution in [2.24, 2.45) is 11.8 Å². The number of carboxylic acids is 1. The van der Waals surface area contributed by atoms with Crippen molar-refractivity contribution in [3.63, 3.8) is 0 Å². The third kappa shape index (κ3) is 6.87. The van der Waals surface area contributed by atoms with Crippen LogP contribution in [-0.4, -0.2) is 44.4 Å². The van der Waals surface area contributed by atoms with Crippen molar-refractivity contribution >= 4 is 29.2 Å². The van der Waals surface area contributed by atoms with Crippen molar-refractivity contribution in [3.05, 3.63) is 58.1 Å². The van der Waals surface area contributed by atoms with E-state index >= 15 is 0 Å². The fraction of sp³-hybridized carbons (Fsp3) is 0.423. The predicted octanol–water partition coefficient (Wildman–Crippen LogP) is 4.64. The summed E-state index contributed by atoms with van der Waals surface area (Å²) in [5.74, 6) is -0.344. The van der Waals surface area contributed by atoms with Crippen molar-refractivity contribution in [2.45, 2.75) is 31.7 Å². The second-order valence-electron chi connectivity index (χ2n) is 8.68. The molecule has 0 bridgehead atoms. The van der Waals surface area contributed by atoms with Gasteiger partial charge in [-0.3, -0.25) is 9.59 Å². The van der Waals surface area contributed by atoms with Gasteiger partial charge in [0.15, 0.2) is 0 Å². The van der Waals surface area contributed by atoms with Gasteiger partial charge in [-0.2, -0.15) is 5.26 Å². The summed E-state index contributed by atoms with van der Waals surface area (Å²) in [6, 6.07) is 12.0. The van der Waals surface area contributed by atoms with Crippen LogP contribution in [0.15, 0.2) is 36.4 Å². The van der Waals surface area contributed by atoms with E-state index in [0.717, 1.165) is 18.4 Å². The summed E-state index contributed by atoms with van der Waals surface area (Å²) in [5, 5.41) is 25.1. The number of hydrogen-bond donors (Lipinski definition) is 3. The molecule has 35 heavy (non-hydrogen) atoms. The van der Waals surface area contributed by atoms with Crippen LogP contribution in [0.1, 0.15) is 53.2 Å². The third-order valence-corrected chi connectivity index (χ3v) is 6.69. The van der Waals surface area contributed by atoms with Gasteiger partial charge in [0.1, 0.15) is 5.75 Å². The van der Waals surface area contributed by atoms with Gasteiger partial charge >= 0.3 is 5.97 Å². The van der Waals surface area contributed by atoms with Crippen molar-refractivity contribution in [1.82, 2.24) is 5.32 Å². The van der Waals surface area contributed by atoms with Gasteiger partial charge in [-0.15, -0.1) is 0 Å². The minimum atomic E-state index is -0.736. The van der Waals surface area contributed by atoms with Crippen LogP contribution < -0.4 is 15.4 Å². The number of carboxylic acid groups (broad SMARTS) is 1. The summed E-state index contributed by atoms with van der Waals surface area (Å²) >= 11 is 6.51. The fourth-order valence-electron chi connectivity index (χ4n) is 4.37. The Morgan fingerprint density at radius 3 is 2.51 bits per heavy atom. The monoisotopic (exact) mass is 499 g/mol. The lowest BCUT2D eigenvalue weighted by Crippen LogP contribution is -2.32. The molecule has 2 aromatic rings. The minimum Gasteiger partial charge on any atom is -0.496 e. The zero-order valence-electron chi connectivity index (χ0n) is 19.8. The molecule has 0 spiro atoms. The number of benzene rings is 2. The molecule has 186 valence electrons. The standard InChI is InChI=1S/C26H30ClN3O5/c1-34-15-23(20-11-17(13-28)5-10-24(20)35-2)30-22-9-8-19(12-21(22)27)25(31)29-14-16-3-6-18(7-4-16)26(32)33/h5,8-12,16,18,23,30H,3-4,6-7,14-15H2,1-2H3,(H,29,31)(H,32,33)/t16-,18-,23?. The van der Waals surface area contributed by atoms with E-state index in [-0.39, 0.29) is 23.8 Å². The highest BCUT2D eigenvalue weighted by Crippen LogP contribution is 2.33. The number of carbonyl (C=O) groups excluding carboxylic acids is 1. The smallest absolute Gasteiger partial charge is 0.306 e. The first kappa shape index (κ1) is 26.3. The molecule has 0 radical (unpaired) electrons. The Morgan fingerprint density at radius 2 is 1.91 bits per heavy atom. The number of methoxy groups -OCH3 is 2. The van der Waals surface area contributed by atoms with Gasteiger partial charge in [-0.25, -0.2) is 0 Å². The topological polar surface area (TPSA) is 121 Å². The molecule has 0 saturated heterocycles. The summed E-state index contributed by atoms with van der Waals surface area (Å²) < 4.78 is 10.8. The number of halogens is 1. The first-order valence-electron chi connectivity index (χ1n) is 11.5. The largest absolute Gasteiger partial charge is 0.496 e. The second-order valence-corrected chi connectivity index (χ2v) is 9.09. The summed E-state index contributed by atoms with van der Waals surface area (Å²) in [6.07, 6.45) is 2.87. The molecule has 8 nitrogen and oxygen atoms in total. The predicted molar refractivity (Wildman–Crippen MR) is 133 cm³/mol. The Hall–Kier alpha value is -3.28. The molecule has 1 atom stereocenters. The Labute approximate surface area is 210 Å². The molecular formula is C26H30ClN3O5. The normalized spacial score (nSPS) is 18.2. The molecule has 1 amide bonds. The number of ether oxygens (including phenoxy) is 2. The van der Waals surface area contributed by atoms with Crippen molar-refractivity contribution in [2.75, 3.05) is 32.7 Å². The first-order chi connectivity index (χ1) is 16.9. The van der Waals surface area contributed by atoms with Crippen molar-refractivity contribution in [1.29, 1.82) is 5.26 Å². The van der Waals surface area contributed by atoms with E-state index in [0.29, 0.717) is 53.6 Å². The maximum Gasteiger partial charge on any atom is 0.306 e. The quantitative estimate of drug-likeness (QED) is 0.435. The Kier molecular flexibility index (Phi) is 9.35. The van der Waals surface area contributed by atoms with Crippen LogP contribution in [0.25, 0.3) is 0 Å². The highest BCUT2D eigenvalue weighted by atomic mass is 35.5. The maximum absolute atomic E-state index is 12.7. The van der Waals surface area contributed by atoms with Crippen LogP contribution in [0.2, 0.25) is 5.02 Å². The van der Waals surface area contributed by atoms with Gasteiger partial charge in [-0.05, 0) is 68.0 Å². The van der Waals surface area contributed by atoms with Crippen LogP contribution >= 0.6 is 11.6 Å². The number of amides is 1. The van der Waals surface area contributed by atoms with E-state index in [1.807, 2.05) is 0 Å². The molecule has 2 aromatic carbocycles. The van der Waals surface area contributed by atoms with Gasteiger partial charge in [0.2, 0.25) is 0 Å². The number of nitrogens with zero attached hydrogens (tertiary/aromatic N) is 1. The van der Waals surface area contributed by atoms with Crippen LogP contribution in [0.3, 0.4) is 0 Å². The van der Waals surface area contributed by atoms with Gasteiger partial charge in [0.25, 0.3) is 5.91 Å². The molecule has 1 fully saturated rings. The lowest BCUT2D eigenvalue weighted by Gasteiger charge is -2.26. The number of hydrogen-bond acceptors (Lipinski definition) is 6. The van der Waals surface area contributed by atoms with E-state index in [1.54, 1.807) is 50.6 Å². The highest BCUT2D eigenvalue weighted by molar-refractivity contribution is 6.33. The Morgan fingerprint density at radius 1 is 1.17 bits per heavy atom. The van der Waals surface area contributed by atoms with Gasteiger partial charge in [0.05, 0.1) is 48.0 Å². The fourth-order valence-corrected chi connectivity index (χ4v) is 4.60. The molecular weight excluding hydrogens is 470 g/mol. The molecule has 0 heterocycles. The first-order valence-corrected chi connectivity index (χ1v) is 11.9. The Bertz CT molecular complexity index is 1090. The highest BCUT2D eigenvalue weighted by Gasteiger charge is 2.26. The zero-order chi connectivity index (χ0) is 25.4. The lowest BCUT2D eigenvalue weighted by atomic mass is 9.82. The molecule has 1 unspecified atom stereocenters. The number of nitrogens with one attached hydrogen (secondary N) is 2. The summed E-state index contributed by atoms with van der Waals surface area (Å²) in [4.78, 5) is 23.8. The number of rotatable bonds is 10. The van der Waals surface area contributed by atoms with Crippen LogP contribution in [0.5, 0.6) is 5.75 Å². The minimum absolute atomic E-state index is 0.226. The average molecular weight is 500 g/mol. The van der Waals surface area contributed by atoms with E-state index in [1.165, 1.54) is 0 Å². The number of nitriles is 1. The van der Waals surface area contributed by atoms with E-state index in [4.69, 9.17) is 26.2 Å². The van der Waals surface area contributed by atoms with Crippen LogP contribution in [0, 0.1) is 23.2 Å². The lowest BCUT2D eigenvalue weighted by molar-refractivity contribution is -0.143. The van der Waals surface area contributed by atoms with Gasteiger partial charge < -0.3 is 25.2 Å². The Balaban J connectivity index is 1.66. The molecule has 0 aromatic heterocycles. The van der Waals surface area contributed by atoms with Gasteiger partial charge in [-0.1, -0.05) is 11.6 Å². The number of aliphatic carboxylic acids is 1. The summed E-state index contributed by atoms with van der Waals surface area (Å²) in [6.45, 7) is 0.807. The summed E-state index contributed by atoms with van der Waals surface area (Å²) in [5.41, 5.74) is 2.30. The average Bonchev–Trinajstić information content (AvgIpc) is 2.87. The molecule has 3 N–H and O–H groups in total. The SMILES string of the molecule is COCC(Nc1ccc(C(=O)NC[C@H]2CC[C@H](C(=O)O)CC2)cc1Cl)c1cc(C#N)ccc1OC. The third-order valence-electron chi connectivity index (χ3n) is 6.38. The van der Waals surface area contributed by atoms with Crippen LogP contribution in [0.4, 0.5) is 5.69 Å². The van der Waals surface area contributed by atoms with Crippen molar-refractivity contribution in [3.8, 4) is 11.8 Å². The molecule has 1 aliphatic rings. The molecule has 1 aliphatic carbocycles. The molecule has 1 saturated carbocycles. The van der Waals surface area contributed by atoms with E-state index in [2.05, 4.69) is 16.7 Å². The second kappa shape index (κ2) is 12.4.